The fraction of sp³-hybridized carbons (Fsp3) is 0.611. The monoisotopic (exact) mass is 318 g/mol. The molecule has 0 bridgehead atoms. The molecule has 2 fully saturated rings. The van der Waals surface area contributed by atoms with Crippen molar-refractivity contribution in [1.29, 1.82) is 0 Å². The van der Waals surface area contributed by atoms with Gasteiger partial charge in [0.15, 0.2) is 0 Å². The summed E-state index contributed by atoms with van der Waals surface area (Å²) in [6.07, 6.45) is 1.02. The first-order chi connectivity index (χ1) is 11.2. The zero-order chi connectivity index (χ0) is 16.2. The Kier molecular flexibility index (Phi) is 5.18. The van der Waals surface area contributed by atoms with Crippen molar-refractivity contribution in [2.24, 2.45) is 11.8 Å². The third kappa shape index (κ3) is 4.03. The van der Waals surface area contributed by atoms with E-state index in [-0.39, 0.29) is 17.9 Å². The zero-order valence-electron chi connectivity index (χ0n) is 14.0. The van der Waals surface area contributed by atoms with Crippen LogP contribution in [-0.4, -0.2) is 50.8 Å². The fourth-order valence-corrected chi connectivity index (χ4v) is 3.19. The van der Waals surface area contributed by atoms with Crippen LogP contribution < -0.4 is 10.1 Å². The highest BCUT2D eigenvalue weighted by Crippen LogP contribution is 2.37. The molecule has 1 aliphatic heterocycles. The first kappa shape index (κ1) is 16.3. The van der Waals surface area contributed by atoms with Crippen LogP contribution in [0.25, 0.3) is 0 Å². The normalized spacial score (nSPS) is 25.7. The van der Waals surface area contributed by atoms with E-state index in [0.717, 1.165) is 38.5 Å². The van der Waals surface area contributed by atoms with Crippen LogP contribution in [0.15, 0.2) is 24.3 Å². The molecule has 1 aliphatic carbocycles. The van der Waals surface area contributed by atoms with Crippen LogP contribution in [0.2, 0.25) is 0 Å². The van der Waals surface area contributed by atoms with Crippen molar-refractivity contribution in [3.05, 3.63) is 29.8 Å². The standard InChI is InChI=1S/C18H26N2O3/c1-13-11-16(13)18(21)19-12-17(20-7-9-23-10-8-20)14-3-5-15(22-2)6-4-14/h3-6,13,16-17H,7-12H2,1-2H3,(H,19,21)/t13-,16+,17+/m1/s1. The second-order valence-corrected chi connectivity index (χ2v) is 6.50. The Morgan fingerprint density at radius 1 is 1.35 bits per heavy atom. The first-order valence-corrected chi connectivity index (χ1v) is 8.42. The molecule has 1 N–H and O–H groups in total. The van der Waals surface area contributed by atoms with E-state index in [4.69, 9.17) is 9.47 Å². The molecule has 5 heteroatoms. The molecular weight excluding hydrogens is 292 g/mol. The number of nitrogens with one attached hydrogen (secondary N) is 1. The Bertz CT molecular complexity index is 526. The smallest absolute Gasteiger partial charge is 0.223 e. The van der Waals surface area contributed by atoms with Crippen LogP contribution in [0.3, 0.4) is 0 Å². The first-order valence-electron chi connectivity index (χ1n) is 8.42. The lowest BCUT2D eigenvalue weighted by Crippen LogP contribution is -2.44. The predicted molar refractivity (Wildman–Crippen MR) is 88.4 cm³/mol. The maximum Gasteiger partial charge on any atom is 0.223 e. The van der Waals surface area contributed by atoms with E-state index >= 15 is 0 Å². The Morgan fingerprint density at radius 2 is 2.00 bits per heavy atom. The summed E-state index contributed by atoms with van der Waals surface area (Å²) >= 11 is 0. The van der Waals surface area contributed by atoms with Gasteiger partial charge >= 0.3 is 0 Å². The predicted octanol–water partition coefficient (Wildman–Crippen LogP) is 1.84. The summed E-state index contributed by atoms with van der Waals surface area (Å²) in [5.41, 5.74) is 1.21. The minimum Gasteiger partial charge on any atom is -0.497 e. The molecule has 126 valence electrons. The highest BCUT2D eigenvalue weighted by molar-refractivity contribution is 5.81. The molecule has 2 aliphatic rings. The maximum absolute atomic E-state index is 12.2. The number of hydrogen-bond acceptors (Lipinski definition) is 4. The van der Waals surface area contributed by atoms with Gasteiger partial charge in [-0.25, -0.2) is 0 Å². The Balaban J connectivity index is 1.68. The van der Waals surface area contributed by atoms with Crippen molar-refractivity contribution >= 4 is 5.91 Å². The van der Waals surface area contributed by atoms with Gasteiger partial charge < -0.3 is 14.8 Å². The molecule has 1 aromatic rings. The molecule has 1 saturated carbocycles. The van der Waals surface area contributed by atoms with Gasteiger partial charge in [-0.2, -0.15) is 0 Å². The van der Waals surface area contributed by atoms with Gasteiger partial charge in [-0.1, -0.05) is 19.1 Å². The molecule has 0 radical (unpaired) electrons. The van der Waals surface area contributed by atoms with Crippen LogP contribution in [0.5, 0.6) is 5.75 Å². The van der Waals surface area contributed by atoms with Gasteiger partial charge in [0.2, 0.25) is 5.91 Å². The summed E-state index contributed by atoms with van der Waals surface area (Å²) < 4.78 is 10.7. The average molecular weight is 318 g/mol. The van der Waals surface area contributed by atoms with Gasteiger partial charge in [-0.3, -0.25) is 9.69 Å². The number of nitrogens with zero attached hydrogens (tertiary/aromatic N) is 1. The Labute approximate surface area is 137 Å². The molecule has 5 nitrogen and oxygen atoms in total. The van der Waals surface area contributed by atoms with E-state index < -0.39 is 0 Å². The highest BCUT2D eigenvalue weighted by Gasteiger charge is 2.39. The van der Waals surface area contributed by atoms with Crippen LogP contribution >= 0.6 is 0 Å². The molecule has 3 rings (SSSR count). The van der Waals surface area contributed by atoms with Crippen molar-refractivity contribution in [2.45, 2.75) is 19.4 Å². The number of benzene rings is 1. The molecule has 1 heterocycles. The number of methoxy groups -OCH3 is 1. The van der Waals surface area contributed by atoms with Crippen molar-refractivity contribution < 1.29 is 14.3 Å². The molecule has 1 saturated heterocycles. The third-order valence-corrected chi connectivity index (χ3v) is 4.90. The van der Waals surface area contributed by atoms with E-state index in [0.29, 0.717) is 12.5 Å². The molecule has 0 unspecified atom stereocenters. The van der Waals surface area contributed by atoms with E-state index in [1.807, 2.05) is 12.1 Å². The van der Waals surface area contributed by atoms with E-state index in [9.17, 15) is 4.79 Å². The van der Waals surface area contributed by atoms with Crippen LogP contribution in [0.1, 0.15) is 24.9 Å². The summed E-state index contributed by atoms with van der Waals surface area (Å²) in [6.45, 7) is 6.07. The highest BCUT2D eigenvalue weighted by atomic mass is 16.5. The molecule has 3 atom stereocenters. The van der Waals surface area contributed by atoms with Crippen LogP contribution in [0.4, 0.5) is 0 Å². The van der Waals surface area contributed by atoms with Gasteiger partial charge in [0, 0.05) is 25.6 Å². The number of carbonyl (C=O) groups is 1. The summed E-state index contributed by atoms with van der Waals surface area (Å²) in [5.74, 6) is 1.81. The summed E-state index contributed by atoms with van der Waals surface area (Å²) in [4.78, 5) is 14.6. The van der Waals surface area contributed by atoms with E-state index in [1.165, 1.54) is 5.56 Å². The molecule has 0 aromatic heterocycles. The minimum absolute atomic E-state index is 0.183. The lowest BCUT2D eigenvalue weighted by Gasteiger charge is -2.35. The SMILES string of the molecule is COc1ccc([C@H](CNC(=O)[C@H]2C[C@H]2C)N2CCOCC2)cc1. The van der Waals surface area contributed by atoms with Gasteiger partial charge in [0.1, 0.15) is 5.75 Å². The number of rotatable bonds is 6. The van der Waals surface area contributed by atoms with Gasteiger partial charge in [0.05, 0.1) is 26.4 Å². The van der Waals surface area contributed by atoms with Crippen LogP contribution in [-0.2, 0) is 9.53 Å². The number of amides is 1. The minimum atomic E-state index is 0.183. The lowest BCUT2D eigenvalue weighted by molar-refractivity contribution is -0.122. The number of hydrogen-bond donors (Lipinski definition) is 1. The summed E-state index contributed by atoms with van der Waals surface area (Å²) in [7, 11) is 1.67. The van der Waals surface area contributed by atoms with E-state index in [1.54, 1.807) is 7.11 Å². The lowest BCUT2D eigenvalue weighted by atomic mass is 10.0. The maximum atomic E-state index is 12.2. The summed E-state index contributed by atoms with van der Waals surface area (Å²) in [5, 5.41) is 3.15. The quantitative estimate of drug-likeness (QED) is 0.869. The van der Waals surface area contributed by atoms with Crippen molar-refractivity contribution in [3.63, 3.8) is 0 Å². The van der Waals surface area contributed by atoms with Crippen LogP contribution in [0, 0.1) is 11.8 Å². The fourth-order valence-electron chi connectivity index (χ4n) is 3.19. The number of carbonyl (C=O) groups excluding carboxylic acids is 1. The Morgan fingerprint density at radius 3 is 2.57 bits per heavy atom. The van der Waals surface area contributed by atoms with Gasteiger partial charge in [-0.05, 0) is 30.0 Å². The molecule has 1 aromatic carbocycles. The second-order valence-electron chi connectivity index (χ2n) is 6.50. The molecule has 1 amide bonds. The third-order valence-electron chi connectivity index (χ3n) is 4.90. The molecule has 0 spiro atoms. The van der Waals surface area contributed by atoms with Crippen molar-refractivity contribution in [1.82, 2.24) is 10.2 Å². The van der Waals surface area contributed by atoms with Gasteiger partial charge in [-0.15, -0.1) is 0 Å². The second kappa shape index (κ2) is 7.32. The van der Waals surface area contributed by atoms with Crippen molar-refractivity contribution in [3.8, 4) is 5.75 Å². The van der Waals surface area contributed by atoms with Gasteiger partial charge in [0.25, 0.3) is 0 Å². The van der Waals surface area contributed by atoms with Crippen molar-refractivity contribution in [2.75, 3.05) is 40.0 Å². The Hall–Kier alpha value is -1.59. The molecule has 23 heavy (non-hydrogen) atoms. The molecular formula is C18H26N2O3. The topological polar surface area (TPSA) is 50.8 Å². The average Bonchev–Trinajstić information content (AvgIpc) is 3.33. The van der Waals surface area contributed by atoms with E-state index in [2.05, 4.69) is 29.3 Å². The largest absolute Gasteiger partial charge is 0.497 e. The zero-order valence-corrected chi connectivity index (χ0v) is 14.0. The summed E-state index contributed by atoms with van der Waals surface area (Å²) in [6, 6.07) is 8.32. The number of ether oxygens (including phenoxy) is 2. The number of morpholine rings is 1.